The van der Waals surface area contributed by atoms with Crippen molar-refractivity contribution in [1.82, 2.24) is 0 Å². The zero-order valence-electron chi connectivity index (χ0n) is 11.8. The number of allylic oxidation sites excluding steroid dienone is 1. The molecule has 4 rings (SSSR count). The lowest BCUT2D eigenvalue weighted by Gasteiger charge is -2.50. The molecule has 4 aliphatic rings. The second kappa shape index (κ2) is 3.69. The van der Waals surface area contributed by atoms with Gasteiger partial charge in [-0.2, -0.15) is 0 Å². The summed E-state index contributed by atoms with van der Waals surface area (Å²) in [5, 5.41) is 0. The van der Waals surface area contributed by atoms with Gasteiger partial charge < -0.3 is 14.2 Å². The number of Topliss-reactive ketones (excluding diaryl/α,β-unsaturated/α-hetero) is 1. The van der Waals surface area contributed by atoms with Gasteiger partial charge in [0.1, 0.15) is 0 Å². The van der Waals surface area contributed by atoms with Crippen LogP contribution in [0.5, 0.6) is 0 Å². The highest BCUT2D eigenvalue weighted by molar-refractivity contribution is 6.05. The quantitative estimate of drug-likeness (QED) is 0.684. The fourth-order valence-corrected chi connectivity index (χ4v) is 3.86. The average molecular weight is 280 g/mol. The van der Waals surface area contributed by atoms with Gasteiger partial charge in [-0.05, 0) is 5.41 Å². The van der Waals surface area contributed by atoms with Crippen LogP contribution in [-0.2, 0) is 28.6 Å². The van der Waals surface area contributed by atoms with E-state index in [2.05, 4.69) is 0 Å². The third-order valence-electron chi connectivity index (χ3n) is 4.88. The van der Waals surface area contributed by atoms with E-state index in [0.29, 0.717) is 5.57 Å². The predicted molar refractivity (Wildman–Crippen MR) is 65.2 cm³/mol. The summed E-state index contributed by atoms with van der Waals surface area (Å²) < 4.78 is 15.3. The van der Waals surface area contributed by atoms with Gasteiger partial charge in [-0.1, -0.05) is 19.9 Å². The van der Waals surface area contributed by atoms with Crippen LogP contribution in [0.2, 0.25) is 0 Å². The minimum absolute atomic E-state index is 0.300. The molecule has 1 heterocycles. The highest BCUT2D eigenvalue weighted by Gasteiger charge is 2.75. The lowest BCUT2D eigenvalue weighted by molar-refractivity contribution is -0.222. The summed E-state index contributed by atoms with van der Waals surface area (Å²) in [6.45, 7) is 3.67. The standard InChI is InChI=1S/C14H16O6/c1-13(2)7-5-6(11(16)18-3)8-9(13)12(17)20-14(8,19-4)10(7)15/h5,7-9H,1-4H3/t7-,8-,9+,14+/m0/s1. The third kappa shape index (κ3) is 1.21. The first-order valence-electron chi connectivity index (χ1n) is 6.43. The molecule has 4 atom stereocenters. The Hall–Kier alpha value is -1.69. The largest absolute Gasteiger partial charge is 0.466 e. The van der Waals surface area contributed by atoms with Gasteiger partial charge in [-0.3, -0.25) is 9.59 Å². The maximum atomic E-state index is 12.6. The number of methoxy groups -OCH3 is 2. The van der Waals surface area contributed by atoms with E-state index < -0.39 is 40.9 Å². The van der Waals surface area contributed by atoms with Crippen LogP contribution < -0.4 is 0 Å². The average Bonchev–Trinajstić information content (AvgIpc) is 2.70. The molecule has 0 amide bonds. The molecule has 0 aromatic heterocycles. The van der Waals surface area contributed by atoms with Crippen LogP contribution in [0.15, 0.2) is 11.6 Å². The SMILES string of the molecule is COC(=O)C1=C[C@H]2C(=O)[C@]3(OC)OC(=O)[C@@H]([C@H]13)C2(C)C. The lowest BCUT2D eigenvalue weighted by atomic mass is 9.51. The van der Waals surface area contributed by atoms with Crippen molar-refractivity contribution in [3.8, 4) is 0 Å². The summed E-state index contributed by atoms with van der Waals surface area (Å²) in [5.74, 6) is -4.92. The molecular formula is C14H16O6. The molecule has 0 spiro atoms. The number of carbonyl (C=O) groups excluding carboxylic acids is 3. The molecule has 0 aromatic carbocycles. The highest BCUT2D eigenvalue weighted by Crippen LogP contribution is 2.62. The minimum Gasteiger partial charge on any atom is -0.466 e. The first kappa shape index (κ1) is 13.3. The van der Waals surface area contributed by atoms with Gasteiger partial charge in [0, 0.05) is 18.6 Å². The van der Waals surface area contributed by atoms with Gasteiger partial charge in [-0.15, -0.1) is 0 Å². The monoisotopic (exact) mass is 280 g/mol. The molecule has 0 radical (unpaired) electrons. The molecule has 4 bridgehead atoms. The summed E-state index contributed by atoms with van der Waals surface area (Å²) in [6, 6.07) is 0. The Morgan fingerprint density at radius 2 is 1.90 bits per heavy atom. The molecule has 3 aliphatic carbocycles. The first-order chi connectivity index (χ1) is 9.31. The van der Waals surface area contributed by atoms with Crippen molar-refractivity contribution < 1.29 is 28.6 Å². The summed E-state index contributed by atoms with van der Waals surface area (Å²) in [7, 11) is 2.58. The van der Waals surface area contributed by atoms with Crippen LogP contribution in [0.4, 0.5) is 0 Å². The second-order valence-electron chi connectivity index (χ2n) is 6.02. The highest BCUT2D eigenvalue weighted by atomic mass is 16.7. The van der Waals surface area contributed by atoms with E-state index >= 15 is 0 Å². The Labute approximate surface area is 116 Å². The van der Waals surface area contributed by atoms with Crippen molar-refractivity contribution in [2.45, 2.75) is 19.6 Å². The van der Waals surface area contributed by atoms with E-state index in [4.69, 9.17) is 14.2 Å². The van der Waals surface area contributed by atoms with Crippen molar-refractivity contribution in [2.24, 2.45) is 23.2 Å². The van der Waals surface area contributed by atoms with Crippen molar-refractivity contribution in [2.75, 3.05) is 14.2 Å². The zero-order valence-corrected chi connectivity index (χ0v) is 11.8. The Bertz CT molecular complexity index is 560. The molecule has 1 saturated heterocycles. The van der Waals surface area contributed by atoms with Gasteiger partial charge >= 0.3 is 11.9 Å². The van der Waals surface area contributed by atoms with Crippen LogP contribution in [0, 0.1) is 23.2 Å². The number of carbonyl (C=O) groups is 3. The maximum absolute atomic E-state index is 12.6. The molecule has 6 nitrogen and oxygen atoms in total. The number of hydrogen-bond donors (Lipinski definition) is 0. The molecule has 0 N–H and O–H groups in total. The smallest absolute Gasteiger partial charge is 0.334 e. The van der Waals surface area contributed by atoms with E-state index in [1.807, 2.05) is 13.8 Å². The zero-order chi connectivity index (χ0) is 14.9. The van der Waals surface area contributed by atoms with E-state index in [-0.39, 0.29) is 5.78 Å². The van der Waals surface area contributed by atoms with Crippen LogP contribution >= 0.6 is 0 Å². The fourth-order valence-electron chi connectivity index (χ4n) is 3.86. The first-order valence-corrected chi connectivity index (χ1v) is 6.43. The molecule has 1 aliphatic heterocycles. The van der Waals surface area contributed by atoms with E-state index in [9.17, 15) is 14.4 Å². The van der Waals surface area contributed by atoms with Crippen LogP contribution in [0.3, 0.4) is 0 Å². The summed E-state index contributed by atoms with van der Waals surface area (Å²) in [5.41, 5.74) is -0.302. The van der Waals surface area contributed by atoms with E-state index in [1.165, 1.54) is 14.2 Å². The topological polar surface area (TPSA) is 78.9 Å². The van der Waals surface area contributed by atoms with Crippen LogP contribution in [0.1, 0.15) is 13.8 Å². The van der Waals surface area contributed by atoms with Gasteiger partial charge in [0.25, 0.3) is 5.79 Å². The predicted octanol–water partition coefficient (Wildman–Crippen LogP) is 0.456. The molecule has 0 unspecified atom stereocenters. The molecule has 1 saturated carbocycles. The Balaban J connectivity index is 2.25. The van der Waals surface area contributed by atoms with Crippen molar-refractivity contribution >= 4 is 17.7 Å². The number of rotatable bonds is 2. The number of esters is 2. The normalized spacial score (nSPS) is 40.4. The third-order valence-corrected chi connectivity index (χ3v) is 4.88. The molecule has 108 valence electrons. The maximum Gasteiger partial charge on any atom is 0.334 e. The summed E-state index contributed by atoms with van der Waals surface area (Å²) in [6.07, 6.45) is 1.61. The van der Waals surface area contributed by atoms with Crippen molar-refractivity contribution in [1.29, 1.82) is 0 Å². The second-order valence-corrected chi connectivity index (χ2v) is 6.02. The number of hydrogen-bond acceptors (Lipinski definition) is 6. The Kier molecular flexibility index (Phi) is 2.46. The Morgan fingerprint density at radius 1 is 1.25 bits per heavy atom. The van der Waals surface area contributed by atoms with Crippen LogP contribution in [-0.4, -0.2) is 37.7 Å². The minimum atomic E-state index is -1.67. The Morgan fingerprint density at radius 3 is 2.45 bits per heavy atom. The van der Waals surface area contributed by atoms with Gasteiger partial charge in [0.15, 0.2) is 0 Å². The van der Waals surface area contributed by atoms with E-state index in [1.54, 1.807) is 6.08 Å². The number of ketones is 1. The van der Waals surface area contributed by atoms with E-state index in [0.717, 1.165) is 0 Å². The van der Waals surface area contributed by atoms with Crippen molar-refractivity contribution in [3.63, 3.8) is 0 Å². The van der Waals surface area contributed by atoms with Gasteiger partial charge in [0.2, 0.25) is 5.78 Å². The molecule has 2 fully saturated rings. The van der Waals surface area contributed by atoms with Crippen LogP contribution in [0.25, 0.3) is 0 Å². The molecule has 20 heavy (non-hydrogen) atoms. The molecule has 6 heteroatoms. The summed E-state index contributed by atoms with van der Waals surface area (Å²) in [4.78, 5) is 36.7. The lowest BCUT2D eigenvalue weighted by Crippen LogP contribution is -2.62. The fraction of sp³-hybridized carbons (Fsp3) is 0.643. The van der Waals surface area contributed by atoms with Gasteiger partial charge in [-0.25, -0.2) is 4.79 Å². The van der Waals surface area contributed by atoms with Crippen molar-refractivity contribution in [3.05, 3.63) is 11.6 Å². The molecule has 0 aromatic rings. The molecular weight excluding hydrogens is 264 g/mol. The number of ether oxygens (including phenoxy) is 3. The summed E-state index contributed by atoms with van der Waals surface area (Å²) >= 11 is 0. The van der Waals surface area contributed by atoms with Gasteiger partial charge in [0.05, 0.1) is 18.9 Å².